The number of para-hydroxylation sites is 1. The van der Waals surface area contributed by atoms with Gasteiger partial charge in [-0.3, -0.25) is 0 Å². The van der Waals surface area contributed by atoms with E-state index in [2.05, 4.69) is 20.4 Å². The topological polar surface area (TPSA) is 95.8 Å². The first-order chi connectivity index (χ1) is 12.2. The van der Waals surface area contributed by atoms with E-state index in [1.54, 1.807) is 23.0 Å². The summed E-state index contributed by atoms with van der Waals surface area (Å²) < 4.78 is 1.74. The SMILES string of the molecule is O=C([O-])c1ccc(Nc2ncnc3c2cnn3-c2ccccc2)cc1. The third-order valence-corrected chi connectivity index (χ3v) is 3.75. The highest BCUT2D eigenvalue weighted by Crippen LogP contribution is 2.24. The van der Waals surface area contributed by atoms with E-state index in [1.165, 1.54) is 18.5 Å². The molecule has 4 rings (SSSR count). The lowest BCUT2D eigenvalue weighted by molar-refractivity contribution is -0.255. The molecular weight excluding hydrogens is 318 g/mol. The molecule has 0 aliphatic rings. The number of carbonyl (C=O) groups is 1. The molecule has 0 aliphatic carbocycles. The van der Waals surface area contributed by atoms with Crippen LogP contribution < -0.4 is 10.4 Å². The van der Waals surface area contributed by atoms with Gasteiger partial charge in [0.25, 0.3) is 0 Å². The Kier molecular flexibility index (Phi) is 3.59. The minimum Gasteiger partial charge on any atom is -0.545 e. The number of nitrogens with one attached hydrogen (secondary N) is 1. The molecule has 2 aromatic carbocycles. The van der Waals surface area contributed by atoms with Crippen LogP contribution in [0.4, 0.5) is 11.5 Å². The highest BCUT2D eigenvalue weighted by atomic mass is 16.4. The van der Waals surface area contributed by atoms with Crippen LogP contribution in [0.5, 0.6) is 0 Å². The maximum atomic E-state index is 10.8. The number of carboxylic acids is 1. The van der Waals surface area contributed by atoms with Crippen LogP contribution in [0.3, 0.4) is 0 Å². The summed E-state index contributed by atoms with van der Waals surface area (Å²) in [6.45, 7) is 0. The lowest BCUT2D eigenvalue weighted by atomic mass is 10.2. The molecule has 0 atom stereocenters. The average Bonchev–Trinajstić information content (AvgIpc) is 3.08. The van der Waals surface area contributed by atoms with Gasteiger partial charge in [0.2, 0.25) is 0 Å². The van der Waals surface area contributed by atoms with Crippen molar-refractivity contribution in [1.82, 2.24) is 19.7 Å². The van der Waals surface area contributed by atoms with Gasteiger partial charge in [0.05, 0.1) is 23.2 Å². The summed E-state index contributed by atoms with van der Waals surface area (Å²) >= 11 is 0. The zero-order valence-corrected chi connectivity index (χ0v) is 13.0. The van der Waals surface area contributed by atoms with Crippen molar-refractivity contribution in [3.63, 3.8) is 0 Å². The normalized spacial score (nSPS) is 10.7. The Morgan fingerprint density at radius 3 is 2.48 bits per heavy atom. The predicted molar refractivity (Wildman–Crippen MR) is 90.7 cm³/mol. The second-order valence-corrected chi connectivity index (χ2v) is 5.34. The van der Waals surface area contributed by atoms with Gasteiger partial charge in [-0.2, -0.15) is 5.10 Å². The lowest BCUT2D eigenvalue weighted by Crippen LogP contribution is -2.21. The lowest BCUT2D eigenvalue weighted by Gasteiger charge is -2.08. The molecule has 0 radical (unpaired) electrons. The zero-order chi connectivity index (χ0) is 17.2. The van der Waals surface area contributed by atoms with Crippen LogP contribution in [0.1, 0.15) is 10.4 Å². The molecule has 2 heterocycles. The molecule has 0 fully saturated rings. The minimum absolute atomic E-state index is 0.121. The van der Waals surface area contributed by atoms with Crippen LogP contribution in [0.2, 0.25) is 0 Å². The highest BCUT2D eigenvalue weighted by Gasteiger charge is 2.11. The Labute approximate surface area is 142 Å². The second-order valence-electron chi connectivity index (χ2n) is 5.34. The number of carbonyl (C=O) groups excluding carboxylic acids is 1. The minimum atomic E-state index is -1.21. The number of fused-ring (bicyclic) bond motifs is 1. The molecule has 122 valence electrons. The maximum absolute atomic E-state index is 10.8. The highest BCUT2D eigenvalue weighted by molar-refractivity contribution is 5.90. The molecule has 1 N–H and O–H groups in total. The molecule has 0 unspecified atom stereocenters. The Bertz CT molecular complexity index is 1040. The first-order valence-corrected chi connectivity index (χ1v) is 7.55. The molecule has 7 heteroatoms. The number of nitrogens with zero attached hydrogens (tertiary/aromatic N) is 4. The maximum Gasteiger partial charge on any atom is 0.168 e. The fourth-order valence-corrected chi connectivity index (χ4v) is 2.53. The largest absolute Gasteiger partial charge is 0.545 e. The fraction of sp³-hybridized carbons (Fsp3) is 0. The Morgan fingerprint density at radius 1 is 1.00 bits per heavy atom. The predicted octanol–water partition coefficient (Wildman–Crippen LogP) is 1.92. The van der Waals surface area contributed by atoms with Crippen LogP contribution in [0.15, 0.2) is 67.1 Å². The standard InChI is InChI=1S/C18H13N5O2/c24-18(25)12-6-8-13(9-7-12)22-16-15-10-21-23(17(15)20-11-19-16)14-4-2-1-3-5-14/h1-11H,(H,24,25)(H,19,20,22)/p-1. The van der Waals surface area contributed by atoms with Gasteiger partial charge < -0.3 is 15.2 Å². The molecular formula is C18H12N5O2-. The van der Waals surface area contributed by atoms with Gasteiger partial charge in [-0.1, -0.05) is 30.3 Å². The molecule has 0 spiro atoms. The van der Waals surface area contributed by atoms with Crippen molar-refractivity contribution in [1.29, 1.82) is 0 Å². The monoisotopic (exact) mass is 330 g/mol. The third kappa shape index (κ3) is 2.78. The van der Waals surface area contributed by atoms with Gasteiger partial charge in [0, 0.05) is 5.69 Å². The van der Waals surface area contributed by atoms with E-state index in [1.807, 2.05) is 30.3 Å². The van der Waals surface area contributed by atoms with Crippen molar-refractivity contribution in [2.75, 3.05) is 5.32 Å². The summed E-state index contributed by atoms with van der Waals surface area (Å²) in [5.41, 5.74) is 2.41. The van der Waals surface area contributed by atoms with Gasteiger partial charge in [-0.15, -0.1) is 0 Å². The van der Waals surface area contributed by atoms with Crippen molar-refractivity contribution < 1.29 is 9.90 Å². The molecule has 0 saturated carbocycles. The van der Waals surface area contributed by atoms with Crippen LogP contribution in [-0.4, -0.2) is 25.7 Å². The summed E-state index contributed by atoms with van der Waals surface area (Å²) in [7, 11) is 0. The van der Waals surface area contributed by atoms with Crippen LogP contribution in [0, 0.1) is 0 Å². The molecule has 2 aromatic heterocycles. The summed E-state index contributed by atoms with van der Waals surface area (Å²) in [6, 6.07) is 16.0. The van der Waals surface area contributed by atoms with E-state index >= 15 is 0 Å². The van der Waals surface area contributed by atoms with Crippen molar-refractivity contribution in [3.8, 4) is 5.69 Å². The Morgan fingerprint density at radius 2 is 1.76 bits per heavy atom. The van der Waals surface area contributed by atoms with Gasteiger partial charge in [0.15, 0.2) is 5.65 Å². The van der Waals surface area contributed by atoms with Gasteiger partial charge in [0.1, 0.15) is 12.1 Å². The number of hydrogen-bond donors (Lipinski definition) is 1. The number of aromatic carboxylic acids is 1. The molecule has 25 heavy (non-hydrogen) atoms. The van der Waals surface area contributed by atoms with Crippen LogP contribution in [-0.2, 0) is 0 Å². The molecule has 0 saturated heterocycles. The van der Waals surface area contributed by atoms with E-state index in [9.17, 15) is 9.90 Å². The van der Waals surface area contributed by atoms with Crippen molar-refractivity contribution >= 4 is 28.5 Å². The summed E-state index contributed by atoms with van der Waals surface area (Å²) in [4.78, 5) is 19.4. The zero-order valence-electron chi connectivity index (χ0n) is 13.0. The molecule has 4 aromatic rings. The fourth-order valence-electron chi connectivity index (χ4n) is 2.53. The number of hydrogen-bond acceptors (Lipinski definition) is 6. The summed E-state index contributed by atoms with van der Waals surface area (Å²) in [5.74, 6) is -0.617. The summed E-state index contributed by atoms with van der Waals surface area (Å²) in [6.07, 6.45) is 3.15. The van der Waals surface area contributed by atoms with E-state index in [0.717, 1.165) is 11.1 Å². The first kappa shape index (κ1) is 14.8. The van der Waals surface area contributed by atoms with Crippen molar-refractivity contribution in [3.05, 3.63) is 72.7 Å². The number of carboxylic acid groups (broad SMARTS) is 1. The first-order valence-electron chi connectivity index (χ1n) is 7.55. The van der Waals surface area contributed by atoms with E-state index in [4.69, 9.17) is 0 Å². The smallest absolute Gasteiger partial charge is 0.168 e. The van der Waals surface area contributed by atoms with Gasteiger partial charge >= 0.3 is 0 Å². The van der Waals surface area contributed by atoms with Gasteiger partial charge in [-0.05, 0) is 29.8 Å². The van der Waals surface area contributed by atoms with E-state index in [-0.39, 0.29) is 5.56 Å². The van der Waals surface area contributed by atoms with Crippen molar-refractivity contribution in [2.45, 2.75) is 0 Å². The van der Waals surface area contributed by atoms with E-state index < -0.39 is 5.97 Å². The van der Waals surface area contributed by atoms with Crippen molar-refractivity contribution in [2.24, 2.45) is 0 Å². The molecule has 7 nitrogen and oxygen atoms in total. The molecule has 0 amide bonds. The van der Waals surface area contributed by atoms with Crippen LogP contribution >= 0.6 is 0 Å². The quantitative estimate of drug-likeness (QED) is 0.614. The Balaban J connectivity index is 1.71. The molecule has 0 aliphatic heterocycles. The summed E-state index contributed by atoms with van der Waals surface area (Å²) in [5, 5.41) is 19.1. The Hall–Kier alpha value is -3.74. The third-order valence-electron chi connectivity index (χ3n) is 3.75. The molecule has 0 bridgehead atoms. The van der Waals surface area contributed by atoms with Crippen LogP contribution in [0.25, 0.3) is 16.7 Å². The number of benzene rings is 2. The average molecular weight is 330 g/mol. The second kappa shape index (κ2) is 6.04. The van der Waals surface area contributed by atoms with E-state index in [0.29, 0.717) is 17.2 Å². The number of anilines is 2. The number of aromatic nitrogens is 4. The van der Waals surface area contributed by atoms with Gasteiger partial charge in [-0.25, -0.2) is 14.6 Å². The number of rotatable bonds is 4.